The first-order valence-electron chi connectivity index (χ1n) is 8.02. The highest BCUT2D eigenvalue weighted by molar-refractivity contribution is 5.93. The molecule has 1 aliphatic heterocycles. The molecule has 1 unspecified atom stereocenters. The number of carbonyl (C=O) groups is 1. The van der Waals surface area contributed by atoms with Crippen molar-refractivity contribution in [3.05, 3.63) is 41.8 Å². The smallest absolute Gasteiger partial charge is 0.272 e. The van der Waals surface area contributed by atoms with Crippen LogP contribution in [-0.2, 0) is 0 Å². The molecule has 6 heteroatoms. The second-order valence-electron chi connectivity index (χ2n) is 5.82. The fourth-order valence-corrected chi connectivity index (χ4v) is 2.95. The molecule has 1 aromatic heterocycles. The fourth-order valence-electron chi connectivity index (χ4n) is 2.95. The molecule has 1 aromatic carbocycles. The van der Waals surface area contributed by atoms with Gasteiger partial charge in [-0.1, -0.05) is 6.92 Å². The van der Waals surface area contributed by atoms with Gasteiger partial charge in [-0.15, -0.1) is 0 Å². The molecular weight excluding hydrogens is 295 g/mol. The van der Waals surface area contributed by atoms with E-state index in [9.17, 15) is 9.18 Å². The molecule has 0 radical (unpaired) electrons. The quantitative estimate of drug-likeness (QED) is 0.890. The van der Waals surface area contributed by atoms with Crippen molar-refractivity contribution < 1.29 is 9.18 Å². The van der Waals surface area contributed by atoms with Crippen molar-refractivity contribution in [2.75, 3.05) is 19.6 Å². The van der Waals surface area contributed by atoms with Gasteiger partial charge < -0.3 is 10.2 Å². The molecule has 3 rings (SSSR count). The Morgan fingerprint density at radius 2 is 2.17 bits per heavy atom. The van der Waals surface area contributed by atoms with Crippen molar-refractivity contribution in [3.63, 3.8) is 0 Å². The van der Waals surface area contributed by atoms with E-state index >= 15 is 0 Å². The monoisotopic (exact) mass is 316 g/mol. The van der Waals surface area contributed by atoms with Crippen LogP contribution in [0.3, 0.4) is 0 Å². The Balaban J connectivity index is 1.80. The molecule has 1 atom stereocenters. The van der Waals surface area contributed by atoms with E-state index < -0.39 is 0 Å². The summed E-state index contributed by atoms with van der Waals surface area (Å²) in [5.74, 6) is -0.315. The maximum atomic E-state index is 13.0. The first kappa shape index (κ1) is 15.7. The number of aromatic nitrogens is 2. The first-order chi connectivity index (χ1) is 11.2. The summed E-state index contributed by atoms with van der Waals surface area (Å²) in [6.07, 6.45) is 1.89. The van der Waals surface area contributed by atoms with Crippen LogP contribution >= 0.6 is 0 Å². The number of H-pyrrole nitrogens is 1. The summed E-state index contributed by atoms with van der Waals surface area (Å²) >= 11 is 0. The van der Waals surface area contributed by atoms with Gasteiger partial charge in [0.25, 0.3) is 5.91 Å². The van der Waals surface area contributed by atoms with Gasteiger partial charge >= 0.3 is 0 Å². The molecular formula is C17H21FN4O. The van der Waals surface area contributed by atoms with Crippen molar-refractivity contribution in [1.29, 1.82) is 0 Å². The van der Waals surface area contributed by atoms with Gasteiger partial charge in [-0.3, -0.25) is 9.89 Å². The van der Waals surface area contributed by atoms with E-state index in [4.69, 9.17) is 0 Å². The van der Waals surface area contributed by atoms with Crippen molar-refractivity contribution in [3.8, 4) is 11.3 Å². The lowest BCUT2D eigenvalue weighted by Gasteiger charge is -2.27. The number of amides is 1. The van der Waals surface area contributed by atoms with Crippen LogP contribution in [-0.4, -0.2) is 46.7 Å². The van der Waals surface area contributed by atoms with Crippen molar-refractivity contribution in [2.45, 2.75) is 25.8 Å². The highest BCUT2D eigenvalue weighted by Gasteiger charge is 2.27. The Bertz CT molecular complexity index is 661. The number of hydrogen-bond acceptors (Lipinski definition) is 3. The van der Waals surface area contributed by atoms with Crippen LogP contribution in [0, 0.1) is 5.82 Å². The molecule has 1 saturated heterocycles. The van der Waals surface area contributed by atoms with Gasteiger partial charge in [-0.05, 0) is 49.7 Å². The number of nitrogens with one attached hydrogen (secondary N) is 2. The summed E-state index contributed by atoms with van der Waals surface area (Å²) in [6.45, 7) is 4.59. The zero-order chi connectivity index (χ0) is 16.2. The van der Waals surface area contributed by atoms with Crippen LogP contribution < -0.4 is 5.32 Å². The van der Waals surface area contributed by atoms with Crippen molar-refractivity contribution >= 4 is 5.91 Å². The third-order valence-corrected chi connectivity index (χ3v) is 4.15. The van der Waals surface area contributed by atoms with E-state index in [1.807, 2.05) is 4.90 Å². The third kappa shape index (κ3) is 3.42. The zero-order valence-electron chi connectivity index (χ0n) is 13.2. The van der Waals surface area contributed by atoms with Crippen LogP contribution in [0.1, 0.15) is 30.3 Å². The van der Waals surface area contributed by atoms with E-state index in [0.717, 1.165) is 38.0 Å². The average molecular weight is 316 g/mol. The highest BCUT2D eigenvalue weighted by Crippen LogP contribution is 2.20. The maximum absolute atomic E-state index is 13.0. The number of hydrogen-bond donors (Lipinski definition) is 2. The minimum Gasteiger partial charge on any atom is -0.333 e. The second kappa shape index (κ2) is 6.91. The van der Waals surface area contributed by atoms with Gasteiger partial charge in [0, 0.05) is 24.7 Å². The molecule has 0 aliphatic carbocycles. The summed E-state index contributed by atoms with van der Waals surface area (Å²) < 4.78 is 13.0. The molecule has 1 amide bonds. The molecule has 1 fully saturated rings. The van der Waals surface area contributed by atoms with Crippen LogP contribution in [0.5, 0.6) is 0 Å². The predicted molar refractivity (Wildman–Crippen MR) is 86.6 cm³/mol. The Labute approximate surface area is 134 Å². The third-order valence-electron chi connectivity index (χ3n) is 4.15. The van der Waals surface area contributed by atoms with Crippen LogP contribution in [0.4, 0.5) is 4.39 Å². The Morgan fingerprint density at radius 3 is 2.83 bits per heavy atom. The van der Waals surface area contributed by atoms with Gasteiger partial charge in [0.05, 0.1) is 5.69 Å². The van der Waals surface area contributed by atoms with Gasteiger partial charge in [0.1, 0.15) is 11.5 Å². The molecule has 1 aliphatic rings. The van der Waals surface area contributed by atoms with Crippen LogP contribution in [0.25, 0.3) is 11.3 Å². The molecule has 0 spiro atoms. The van der Waals surface area contributed by atoms with Gasteiger partial charge in [-0.25, -0.2) is 4.39 Å². The Morgan fingerprint density at radius 1 is 1.39 bits per heavy atom. The fraction of sp³-hybridized carbons (Fsp3) is 0.412. The van der Waals surface area contributed by atoms with Gasteiger partial charge in [-0.2, -0.15) is 5.10 Å². The average Bonchev–Trinajstić information content (AvgIpc) is 3.24. The Kier molecular flexibility index (Phi) is 4.71. The topological polar surface area (TPSA) is 61.0 Å². The molecule has 2 heterocycles. The van der Waals surface area contributed by atoms with E-state index in [1.165, 1.54) is 12.1 Å². The number of aromatic amines is 1. The molecule has 0 saturated carbocycles. The SMILES string of the molecule is CCCN(C(=O)c1cc(-c2ccc(F)cc2)n[nH]1)C1CCNC1. The van der Waals surface area contributed by atoms with E-state index in [2.05, 4.69) is 22.4 Å². The standard InChI is InChI=1S/C17H21FN4O/c1-2-9-22(14-7-8-19-11-14)17(23)16-10-15(20-21-16)12-3-5-13(18)6-4-12/h3-6,10,14,19H,2,7-9,11H2,1H3,(H,20,21). The summed E-state index contributed by atoms with van der Waals surface area (Å²) in [7, 11) is 0. The molecule has 23 heavy (non-hydrogen) atoms. The number of nitrogens with zero attached hydrogens (tertiary/aromatic N) is 2. The van der Waals surface area contributed by atoms with E-state index in [0.29, 0.717) is 11.4 Å². The highest BCUT2D eigenvalue weighted by atomic mass is 19.1. The van der Waals surface area contributed by atoms with Crippen molar-refractivity contribution in [1.82, 2.24) is 20.4 Å². The zero-order valence-corrected chi connectivity index (χ0v) is 13.2. The number of benzene rings is 1. The lowest BCUT2D eigenvalue weighted by atomic mass is 10.1. The first-order valence-corrected chi connectivity index (χ1v) is 8.02. The minimum atomic E-state index is -0.288. The van der Waals surface area contributed by atoms with Crippen molar-refractivity contribution in [2.24, 2.45) is 0 Å². The van der Waals surface area contributed by atoms with Gasteiger partial charge in [0.2, 0.25) is 0 Å². The predicted octanol–water partition coefficient (Wildman–Crippen LogP) is 2.43. The number of carbonyl (C=O) groups excluding carboxylic acids is 1. The summed E-state index contributed by atoms with van der Waals surface area (Å²) in [4.78, 5) is 14.7. The van der Waals surface area contributed by atoms with Crippen LogP contribution in [0.2, 0.25) is 0 Å². The summed E-state index contributed by atoms with van der Waals surface area (Å²) in [5, 5.41) is 10.3. The lowest BCUT2D eigenvalue weighted by Crippen LogP contribution is -2.42. The van der Waals surface area contributed by atoms with E-state index in [1.54, 1.807) is 18.2 Å². The number of rotatable bonds is 5. The molecule has 5 nitrogen and oxygen atoms in total. The summed E-state index contributed by atoms with van der Waals surface area (Å²) in [6, 6.07) is 8.06. The lowest BCUT2D eigenvalue weighted by molar-refractivity contribution is 0.0686. The molecule has 122 valence electrons. The maximum Gasteiger partial charge on any atom is 0.272 e. The van der Waals surface area contributed by atoms with Gasteiger partial charge in [0.15, 0.2) is 0 Å². The molecule has 2 aromatic rings. The Hall–Kier alpha value is -2.21. The van der Waals surface area contributed by atoms with Crippen LogP contribution in [0.15, 0.2) is 30.3 Å². The molecule has 2 N–H and O–H groups in total. The second-order valence-corrected chi connectivity index (χ2v) is 5.82. The largest absolute Gasteiger partial charge is 0.333 e. The normalized spacial score (nSPS) is 17.4. The summed E-state index contributed by atoms with van der Waals surface area (Å²) in [5.41, 5.74) is 1.91. The van der Waals surface area contributed by atoms with E-state index in [-0.39, 0.29) is 17.8 Å². The number of halogens is 1. The minimum absolute atomic E-state index is 0.0265. The molecule has 0 bridgehead atoms.